The van der Waals surface area contributed by atoms with E-state index in [1.165, 1.54) is 6.07 Å². The molecule has 1 unspecified atom stereocenters. The first kappa shape index (κ1) is 14.9. The van der Waals surface area contributed by atoms with Crippen LogP contribution in [0.25, 0.3) is 10.9 Å². The summed E-state index contributed by atoms with van der Waals surface area (Å²) in [6.07, 6.45) is 5.62. The number of phenols is 1. The molecule has 5 heteroatoms. The number of aromatic nitrogens is 2. The van der Waals surface area contributed by atoms with Crippen LogP contribution in [0.1, 0.15) is 24.3 Å². The van der Waals surface area contributed by atoms with Crippen LogP contribution in [0.2, 0.25) is 0 Å². The Morgan fingerprint density at radius 1 is 1.12 bits per heavy atom. The number of anilines is 1. The van der Waals surface area contributed by atoms with Gasteiger partial charge in [0.2, 0.25) is 0 Å². The van der Waals surface area contributed by atoms with Crippen LogP contribution < -0.4 is 4.90 Å². The third-order valence-electron chi connectivity index (χ3n) is 4.67. The van der Waals surface area contributed by atoms with Gasteiger partial charge in [0.1, 0.15) is 5.82 Å². The molecule has 1 fully saturated rings. The highest BCUT2D eigenvalue weighted by molar-refractivity contribution is 5.89. The minimum atomic E-state index is -0.576. The first-order valence-corrected chi connectivity index (χ1v) is 8.15. The van der Waals surface area contributed by atoms with Gasteiger partial charge >= 0.3 is 0 Å². The molecule has 3 aromatic rings. The Morgan fingerprint density at radius 3 is 2.92 bits per heavy atom. The van der Waals surface area contributed by atoms with Gasteiger partial charge in [0.05, 0.1) is 5.52 Å². The van der Waals surface area contributed by atoms with Gasteiger partial charge in [0.15, 0.2) is 11.6 Å². The van der Waals surface area contributed by atoms with E-state index in [2.05, 4.69) is 14.9 Å². The molecule has 1 aliphatic heterocycles. The number of fused-ring (bicyclic) bond motifs is 1. The highest BCUT2D eigenvalue weighted by atomic mass is 19.1. The van der Waals surface area contributed by atoms with Crippen LogP contribution in [0.5, 0.6) is 5.75 Å². The van der Waals surface area contributed by atoms with Crippen molar-refractivity contribution in [1.29, 1.82) is 0 Å². The van der Waals surface area contributed by atoms with Crippen molar-refractivity contribution < 1.29 is 9.50 Å². The van der Waals surface area contributed by atoms with Crippen LogP contribution in [0, 0.1) is 5.82 Å². The molecule has 0 bridgehead atoms. The van der Waals surface area contributed by atoms with Crippen molar-refractivity contribution in [2.75, 3.05) is 18.0 Å². The Labute approximate surface area is 139 Å². The van der Waals surface area contributed by atoms with Gasteiger partial charge in [0.25, 0.3) is 0 Å². The zero-order valence-electron chi connectivity index (χ0n) is 13.2. The lowest BCUT2D eigenvalue weighted by molar-refractivity contribution is 0.428. The highest BCUT2D eigenvalue weighted by Crippen LogP contribution is 2.33. The fourth-order valence-corrected chi connectivity index (χ4v) is 3.46. The van der Waals surface area contributed by atoms with Crippen molar-refractivity contribution in [2.24, 2.45) is 0 Å². The molecule has 4 nitrogen and oxygen atoms in total. The second-order valence-corrected chi connectivity index (χ2v) is 6.20. The Morgan fingerprint density at radius 2 is 2.04 bits per heavy atom. The van der Waals surface area contributed by atoms with Gasteiger partial charge < -0.3 is 10.0 Å². The molecule has 1 atom stereocenters. The molecule has 1 N–H and O–H groups in total. The van der Waals surface area contributed by atoms with Crippen LogP contribution in [-0.2, 0) is 0 Å². The van der Waals surface area contributed by atoms with Crippen molar-refractivity contribution in [3.63, 3.8) is 0 Å². The van der Waals surface area contributed by atoms with Gasteiger partial charge in [-0.1, -0.05) is 6.07 Å². The quantitative estimate of drug-likeness (QED) is 0.778. The zero-order chi connectivity index (χ0) is 16.5. The topological polar surface area (TPSA) is 49.2 Å². The summed E-state index contributed by atoms with van der Waals surface area (Å²) >= 11 is 0. The molecule has 2 aromatic heterocycles. The molecule has 0 saturated carbocycles. The predicted molar refractivity (Wildman–Crippen MR) is 91.8 cm³/mol. The smallest absolute Gasteiger partial charge is 0.164 e. The van der Waals surface area contributed by atoms with Gasteiger partial charge in [-0.25, -0.2) is 9.37 Å². The molecule has 122 valence electrons. The van der Waals surface area contributed by atoms with E-state index in [0.717, 1.165) is 48.2 Å². The number of pyridine rings is 2. The van der Waals surface area contributed by atoms with Crippen molar-refractivity contribution in [3.8, 4) is 5.75 Å². The maximum atomic E-state index is 13.3. The van der Waals surface area contributed by atoms with Crippen molar-refractivity contribution in [1.82, 2.24) is 9.97 Å². The summed E-state index contributed by atoms with van der Waals surface area (Å²) in [7, 11) is 0. The molecule has 1 aromatic carbocycles. The lowest BCUT2D eigenvalue weighted by Crippen LogP contribution is -2.35. The molecule has 0 aliphatic carbocycles. The molecule has 1 aliphatic rings. The van der Waals surface area contributed by atoms with Crippen LogP contribution in [0.15, 0.2) is 48.8 Å². The number of rotatable bonds is 2. The second-order valence-electron chi connectivity index (χ2n) is 6.20. The maximum absolute atomic E-state index is 13.3. The lowest BCUT2D eigenvalue weighted by atomic mass is 9.90. The summed E-state index contributed by atoms with van der Waals surface area (Å²) in [6, 6.07) is 10.5. The van der Waals surface area contributed by atoms with E-state index in [9.17, 15) is 9.50 Å². The third kappa shape index (κ3) is 2.66. The minimum absolute atomic E-state index is 0.249. The number of hydrogen-bond donors (Lipinski definition) is 1. The van der Waals surface area contributed by atoms with Gasteiger partial charge in [-0.15, -0.1) is 0 Å². The van der Waals surface area contributed by atoms with Gasteiger partial charge in [0, 0.05) is 36.8 Å². The molecular formula is C19H18FN3O. The average Bonchev–Trinajstić information content (AvgIpc) is 2.63. The largest absolute Gasteiger partial charge is 0.505 e. The first-order valence-electron chi connectivity index (χ1n) is 8.15. The summed E-state index contributed by atoms with van der Waals surface area (Å²) in [4.78, 5) is 11.2. The third-order valence-corrected chi connectivity index (χ3v) is 4.67. The Balaban J connectivity index is 1.66. The highest BCUT2D eigenvalue weighted by Gasteiger charge is 2.24. The van der Waals surface area contributed by atoms with Gasteiger partial charge in [-0.3, -0.25) is 4.98 Å². The number of piperidine rings is 1. The SMILES string of the molecule is Oc1cc(C2CCCN(c3nccc4ncccc34)C2)ccc1F. The summed E-state index contributed by atoms with van der Waals surface area (Å²) in [5, 5.41) is 10.7. The van der Waals surface area contributed by atoms with E-state index in [1.54, 1.807) is 24.5 Å². The summed E-state index contributed by atoms with van der Waals surface area (Å²) in [5.74, 6) is 0.334. The number of phenolic OH excluding ortho intramolecular Hbond substituents is 1. The fraction of sp³-hybridized carbons (Fsp3) is 0.263. The Kier molecular flexibility index (Phi) is 3.76. The van der Waals surface area contributed by atoms with Crippen molar-refractivity contribution >= 4 is 16.7 Å². The van der Waals surface area contributed by atoms with E-state index in [4.69, 9.17) is 0 Å². The fourth-order valence-electron chi connectivity index (χ4n) is 3.46. The second kappa shape index (κ2) is 6.07. The first-order chi connectivity index (χ1) is 11.7. The van der Waals surface area contributed by atoms with Crippen LogP contribution in [0.3, 0.4) is 0 Å². The number of aromatic hydroxyl groups is 1. The normalized spacial score (nSPS) is 18.0. The number of halogens is 1. The van der Waals surface area contributed by atoms with Gasteiger partial charge in [-0.2, -0.15) is 0 Å². The van der Waals surface area contributed by atoms with E-state index in [0.29, 0.717) is 0 Å². The molecule has 24 heavy (non-hydrogen) atoms. The molecular weight excluding hydrogens is 305 g/mol. The lowest BCUT2D eigenvalue weighted by Gasteiger charge is -2.34. The summed E-state index contributed by atoms with van der Waals surface area (Å²) in [6.45, 7) is 1.73. The predicted octanol–water partition coefficient (Wildman–Crippen LogP) is 3.86. The van der Waals surface area contributed by atoms with Crippen LogP contribution in [-0.4, -0.2) is 28.2 Å². The standard InChI is InChI=1S/C19H18FN3O/c20-16-6-5-13(11-18(16)24)14-3-2-10-23(12-14)19-15-4-1-8-21-17(15)7-9-22-19/h1,4-9,11,14,24H,2-3,10,12H2. The molecule has 3 heterocycles. The molecule has 0 amide bonds. The van der Waals surface area contributed by atoms with Gasteiger partial charge in [-0.05, 0) is 48.7 Å². The average molecular weight is 323 g/mol. The monoisotopic (exact) mass is 323 g/mol. The van der Waals surface area contributed by atoms with Crippen molar-refractivity contribution in [3.05, 3.63) is 60.2 Å². The zero-order valence-corrected chi connectivity index (χ0v) is 13.2. The summed E-state index contributed by atoms with van der Waals surface area (Å²) in [5.41, 5.74) is 1.90. The maximum Gasteiger partial charge on any atom is 0.164 e. The van der Waals surface area contributed by atoms with E-state index in [-0.39, 0.29) is 11.7 Å². The molecule has 0 radical (unpaired) electrons. The summed E-state index contributed by atoms with van der Waals surface area (Å²) < 4.78 is 13.3. The number of benzene rings is 1. The van der Waals surface area contributed by atoms with E-state index < -0.39 is 5.82 Å². The van der Waals surface area contributed by atoms with Crippen molar-refractivity contribution in [2.45, 2.75) is 18.8 Å². The molecule has 4 rings (SSSR count). The molecule has 1 saturated heterocycles. The minimum Gasteiger partial charge on any atom is -0.505 e. The molecule has 0 spiro atoms. The number of hydrogen-bond acceptors (Lipinski definition) is 4. The number of nitrogens with zero attached hydrogens (tertiary/aromatic N) is 3. The van der Waals surface area contributed by atoms with E-state index >= 15 is 0 Å². The Hall–Kier alpha value is -2.69. The van der Waals surface area contributed by atoms with Crippen LogP contribution in [0.4, 0.5) is 10.2 Å². The van der Waals surface area contributed by atoms with E-state index in [1.807, 2.05) is 18.2 Å². The Bertz CT molecular complexity index is 878. The van der Waals surface area contributed by atoms with Crippen LogP contribution >= 0.6 is 0 Å².